The number of hydrogen-bond donors (Lipinski definition) is 1. The normalized spacial score (nSPS) is 13.4. The molecule has 3 aromatic rings. The summed E-state index contributed by atoms with van der Waals surface area (Å²) in [6.07, 6.45) is 2.65. The van der Waals surface area contributed by atoms with Crippen molar-refractivity contribution in [2.75, 3.05) is 0 Å². The Balaban J connectivity index is 1.90. The van der Waals surface area contributed by atoms with Crippen molar-refractivity contribution < 1.29 is 24.2 Å². The van der Waals surface area contributed by atoms with Gasteiger partial charge in [-0.3, -0.25) is 4.79 Å². The SMILES string of the molecule is C=Cc1ccc(-c2cn(C(=O)O)c3ncccc23)c2c1C(=O)N(C(=O)OC(C)(C)C)C2. The Labute approximate surface area is 178 Å². The topological polar surface area (TPSA) is 102 Å². The van der Waals surface area contributed by atoms with E-state index in [0.29, 0.717) is 38.9 Å². The molecule has 31 heavy (non-hydrogen) atoms. The zero-order valence-electron chi connectivity index (χ0n) is 17.4. The van der Waals surface area contributed by atoms with Gasteiger partial charge in [-0.05, 0) is 49.6 Å². The van der Waals surface area contributed by atoms with Gasteiger partial charge in [0.1, 0.15) is 11.2 Å². The number of nitrogens with zero attached hydrogens (tertiary/aromatic N) is 3. The van der Waals surface area contributed by atoms with Gasteiger partial charge in [0.15, 0.2) is 0 Å². The summed E-state index contributed by atoms with van der Waals surface area (Å²) in [5.41, 5.74) is 2.36. The first-order valence-electron chi connectivity index (χ1n) is 9.65. The van der Waals surface area contributed by atoms with Gasteiger partial charge in [0.25, 0.3) is 5.91 Å². The molecule has 4 rings (SSSR count). The molecule has 0 radical (unpaired) electrons. The fraction of sp³-hybridized carbons (Fsp3) is 0.217. The van der Waals surface area contributed by atoms with Crippen LogP contribution in [-0.2, 0) is 11.3 Å². The van der Waals surface area contributed by atoms with Gasteiger partial charge in [0.05, 0.1) is 12.1 Å². The Morgan fingerprint density at radius 1 is 1.23 bits per heavy atom. The molecule has 2 amide bonds. The van der Waals surface area contributed by atoms with Gasteiger partial charge in [-0.1, -0.05) is 24.8 Å². The summed E-state index contributed by atoms with van der Waals surface area (Å²) in [6, 6.07) is 7.02. The molecular formula is C23H21N3O5. The standard InChI is InChI=1S/C23H21N3O5/c1-5-13-8-9-14(16-11-25(21(28)29)19-15(16)7-6-10-24-19)17-12-26(20(27)18(13)17)22(30)31-23(2,3)4/h5-11H,1,12H2,2-4H3,(H,28,29). The van der Waals surface area contributed by atoms with E-state index in [-0.39, 0.29) is 6.54 Å². The monoisotopic (exact) mass is 419 g/mol. The summed E-state index contributed by atoms with van der Waals surface area (Å²) in [7, 11) is 0. The first kappa shape index (κ1) is 20.3. The molecule has 0 saturated heterocycles. The molecule has 0 atom stereocenters. The number of hydrogen-bond acceptors (Lipinski definition) is 5. The summed E-state index contributed by atoms with van der Waals surface area (Å²) in [5.74, 6) is -0.471. The fourth-order valence-electron chi connectivity index (χ4n) is 3.75. The van der Waals surface area contributed by atoms with Crippen LogP contribution in [0.3, 0.4) is 0 Å². The Hall–Kier alpha value is -3.94. The first-order chi connectivity index (χ1) is 14.6. The van der Waals surface area contributed by atoms with E-state index < -0.39 is 23.7 Å². The molecule has 1 aromatic carbocycles. The molecular weight excluding hydrogens is 398 g/mol. The molecule has 158 valence electrons. The Morgan fingerprint density at radius 3 is 2.61 bits per heavy atom. The minimum atomic E-state index is -1.17. The minimum Gasteiger partial charge on any atom is -0.464 e. The van der Waals surface area contributed by atoms with Crippen molar-refractivity contribution in [2.24, 2.45) is 0 Å². The number of aromatic nitrogens is 2. The highest BCUT2D eigenvalue weighted by Crippen LogP contribution is 2.39. The number of pyridine rings is 1. The van der Waals surface area contributed by atoms with Crippen molar-refractivity contribution in [3.63, 3.8) is 0 Å². The van der Waals surface area contributed by atoms with Crippen LogP contribution in [0, 0.1) is 0 Å². The summed E-state index contributed by atoms with van der Waals surface area (Å²) >= 11 is 0. The number of imide groups is 1. The van der Waals surface area contributed by atoms with E-state index in [4.69, 9.17) is 4.74 Å². The maximum Gasteiger partial charge on any atom is 0.417 e. The molecule has 8 nitrogen and oxygen atoms in total. The lowest BCUT2D eigenvalue weighted by Crippen LogP contribution is -2.37. The van der Waals surface area contributed by atoms with Crippen LogP contribution in [0.4, 0.5) is 9.59 Å². The number of rotatable bonds is 2. The lowest BCUT2D eigenvalue weighted by atomic mass is 9.93. The maximum absolute atomic E-state index is 13.1. The van der Waals surface area contributed by atoms with Crippen LogP contribution in [0.5, 0.6) is 0 Å². The summed E-state index contributed by atoms with van der Waals surface area (Å²) in [5, 5.41) is 10.2. The molecule has 0 unspecified atom stereocenters. The lowest BCUT2D eigenvalue weighted by Gasteiger charge is -2.23. The predicted molar refractivity (Wildman–Crippen MR) is 115 cm³/mol. The van der Waals surface area contributed by atoms with E-state index in [1.165, 1.54) is 12.4 Å². The highest BCUT2D eigenvalue weighted by atomic mass is 16.6. The van der Waals surface area contributed by atoms with Crippen LogP contribution in [0.1, 0.15) is 42.3 Å². The maximum atomic E-state index is 13.1. The second kappa shape index (κ2) is 7.09. The van der Waals surface area contributed by atoms with Crippen molar-refractivity contribution in [3.05, 3.63) is 59.9 Å². The Bertz CT molecular complexity index is 1270. The van der Waals surface area contributed by atoms with E-state index in [0.717, 1.165) is 9.47 Å². The van der Waals surface area contributed by atoms with E-state index in [1.807, 2.05) is 0 Å². The summed E-state index contributed by atoms with van der Waals surface area (Å²) < 4.78 is 6.44. The average molecular weight is 419 g/mol. The average Bonchev–Trinajstić information content (AvgIpc) is 3.25. The first-order valence-corrected chi connectivity index (χ1v) is 9.65. The van der Waals surface area contributed by atoms with Crippen LogP contribution in [-0.4, -0.2) is 43.3 Å². The Morgan fingerprint density at radius 2 is 1.97 bits per heavy atom. The quantitative estimate of drug-likeness (QED) is 0.642. The van der Waals surface area contributed by atoms with Crippen molar-refractivity contribution in [3.8, 4) is 11.1 Å². The molecule has 1 aliphatic rings. The smallest absolute Gasteiger partial charge is 0.417 e. The highest BCUT2D eigenvalue weighted by Gasteiger charge is 2.38. The van der Waals surface area contributed by atoms with Crippen LogP contribution in [0.15, 0.2) is 43.2 Å². The zero-order valence-corrected chi connectivity index (χ0v) is 17.4. The van der Waals surface area contributed by atoms with Crippen LogP contribution < -0.4 is 0 Å². The van der Waals surface area contributed by atoms with Gasteiger partial charge < -0.3 is 9.84 Å². The van der Waals surface area contributed by atoms with Crippen LogP contribution in [0.2, 0.25) is 0 Å². The molecule has 0 bridgehead atoms. The second-order valence-corrected chi connectivity index (χ2v) is 8.20. The van der Waals surface area contributed by atoms with Crippen molar-refractivity contribution >= 4 is 35.2 Å². The number of carboxylic acid groups (broad SMARTS) is 1. The third-order valence-electron chi connectivity index (χ3n) is 5.01. The summed E-state index contributed by atoms with van der Waals surface area (Å²) in [6.45, 7) is 8.97. The summed E-state index contributed by atoms with van der Waals surface area (Å²) in [4.78, 5) is 42.7. The minimum absolute atomic E-state index is 0.0140. The molecule has 0 saturated carbocycles. The van der Waals surface area contributed by atoms with Crippen LogP contribution in [0.25, 0.3) is 28.2 Å². The Kier molecular flexibility index (Phi) is 4.65. The van der Waals surface area contributed by atoms with Crippen LogP contribution >= 0.6 is 0 Å². The number of amides is 2. The van der Waals surface area contributed by atoms with Gasteiger partial charge >= 0.3 is 12.2 Å². The number of ether oxygens (including phenoxy) is 1. The van der Waals surface area contributed by atoms with Crippen molar-refractivity contribution in [1.82, 2.24) is 14.5 Å². The van der Waals surface area contributed by atoms with Gasteiger partial charge in [-0.25, -0.2) is 24.0 Å². The lowest BCUT2D eigenvalue weighted by molar-refractivity contribution is 0.0248. The number of carbonyl (C=O) groups excluding carboxylic acids is 2. The fourth-order valence-corrected chi connectivity index (χ4v) is 3.75. The zero-order chi connectivity index (χ0) is 22.5. The van der Waals surface area contributed by atoms with Gasteiger partial charge in [0, 0.05) is 23.3 Å². The molecule has 2 aromatic heterocycles. The number of fused-ring (bicyclic) bond motifs is 2. The van der Waals surface area contributed by atoms with E-state index in [1.54, 1.807) is 51.1 Å². The molecule has 0 fully saturated rings. The third-order valence-corrected chi connectivity index (χ3v) is 5.01. The second-order valence-electron chi connectivity index (χ2n) is 8.20. The largest absolute Gasteiger partial charge is 0.464 e. The molecule has 0 aliphatic carbocycles. The molecule has 1 aliphatic heterocycles. The van der Waals surface area contributed by atoms with Crippen molar-refractivity contribution in [1.29, 1.82) is 0 Å². The molecule has 8 heteroatoms. The molecule has 1 N–H and O–H groups in total. The van der Waals surface area contributed by atoms with E-state index in [2.05, 4.69) is 11.6 Å². The number of carbonyl (C=O) groups is 3. The van der Waals surface area contributed by atoms with Crippen molar-refractivity contribution in [2.45, 2.75) is 32.9 Å². The van der Waals surface area contributed by atoms with E-state index >= 15 is 0 Å². The van der Waals surface area contributed by atoms with Gasteiger partial charge in [-0.2, -0.15) is 0 Å². The van der Waals surface area contributed by atoms with E-state index in [9.17, 15) is 19.5 Å². The third kappa shape index (κ3) is 3.35. The molecule has 0 spiro atoms. The van der Waals surface area contributed by atoms with Gasteiger partial charge in [0.2, 0.25) is 0 Å². The number of benzene rings is 1. The highest BCUT2D eigenvalue weighted by molar-refractivity contribution is 6.11. The molecule has 3 heterocycles. The predicted octanol–water partition coefficient (Wildman–Crippen LogP) is 4.76. The van der Waals surface area contributed by atoms with Gasteiger partial charge in [-0.15, -0.1) is 0 Å².